The molecule has 1 aromatic heterocycles. The largest absolute Gasteiger partial charge is 0.516 e. The molecular formula is C15H18BClN2O2. The van der Waals surface area contributed by atoms with Crippen molar-refractivity contribution in [1.82, 2.24) is 9.78 Å². The van der Waals surface area contributed by atoms with Gasteiger partial charge in [0.05, 0.1) is 22.5 Å². The maximum Gasteiger partial charge on any atom is 0.516 e. The fourth-order valence-electron chi connectivity index (χ4n) is 2.20. The topological polar surface area (TPSA) is 36.3 Å². The van der Waals surface area contributed by atoms with Crippen LogP contribution >= 0.6 is 11.6 Å². The van der Waals surface area contributed by atoms with Gasteiger partial charge in [-0.15, -0.1) is 0 Å². The van der Waals surface area contributed by atoms with Crippen LogP contribution in [-0.2, 0) is 9.31 Å². The first kappa shape index (κ1) is 14.6. The van der Waals surface area contributed by atoms with Crippen molar-refractivity contribution in [3.05, 3.63) is 41.6 Å². The average Bonchev–Trinajstić information content (AvgIpc) is 2.89. The van der Waals surface area contributed by atoms with E-state index in [2.05, 4.69) is 5.10 Å². The van der Waals surface area contributed by atoms with Gasteiger partial charge in [-0.2, -0.15) is 5.10 Å². The normalized spacial score (nSPS) is 20.0. The molecule has 3 rings (SSSR count). The van der Waals surface area contributed by atoms with E-state index in [1.54, 1.807) is 10.7 Å². The Kier molecular flexibility index (Phi) is 3.39. The summed E-state index contributed by atoms with van der Waals surface area (Å²) in [7, 11) is -0.502. The standard InChI is InChI=1S/C15H18BClN2O2/c1-14(2)15(3,4)21-16(20-14)12-10-13(17)19(18-12)11-8-6-5-7-9-11/h5-10H,1-4H3. The predicted molar refractivity (Wildman–Crippen MR) is 84.3 cm³/mol. The fourth-order valence-corrected chi connectivity index (χ4v) is 2.45. The minimum absolute atomic E-state index is 0.388. The Balaban J connectivity index is 1.93. The molecule has 0 amide bonds. The molecule has 0 radical (unpaired) electrons. The molecule has 0 bridgehead atoms. The number of nitrogens with zero attached hydrogens (tertiary/aromatic N) is 2. The molecule has 21 heavy (non-hydrogen) atoms. The maximum absolute atomic E-state index is 6.29. The van der Waals surface area contributed by atoms with Crippen LogP contribution in [0.4, 0.5) is 0 Å². The first-order chi connectivity index (χ1) is 9.80. The highest BCUT2D eigenvalue weighted by atomic mass is 35.5. The van der Waals surface area contributed by atoms with E-state index >= 15 is 0 Å². The molecule has 110 valence electrons. The van der Waals surface area contributed by atoms with Crippen LogP contribution < -0.4 is 5.59 Å². The molecule has 4 nitrogen and oxygen atoms in total. The van der Waals surface area contributed by atoms with Crippen molar-refractivity contribution >= 4 is 24.3 Å². The zero-order valence-electron chi connectivity index (χ0n) is 12.6. The van der Waals surface area contributed by atoms with Crippen molar-refractivity contribution in [2.75, 3.05) is 0 Å². The maximum atomic E-state index is 6.29. The SMILES string of the molecule is CC1(C)OB(c2cc(Cl)n(-c3ccccc3)n2)OC1(C)C. The van der Waals surface area contributed by atoms with Gasteiger partial charge in [0.1, 0.15) is 5.15 Å². The lowest BCUT2D eigenvalue weighted by Crippen LogP contribution is -2.41. The van der Waals surface area contributed by atoms with Gasteiger partial charge < -0.3 is 9.31 Å². The molecule has 0 aliphatic carbocycles. The summed E-state index contributed by atoms with van der Waals surface area (Å²) < 4.78 is 13.7. The molecule has 2 heterocycles. The summed E-state index contributed by atoms with van der Waals surface area (Å²) in [6.07, 6.45) is 0. The Hall–Kier alpha value is -1.30. The molecule has 1 saturated heterocycles. The van der Waals surface area contributed by atoms with Crippen LogP contribution in [0.5, 0.6) is 0 Å². The van der Waals surface area contributed by atoms with Gasteiger partial charge in [0.25, 0.3) is 0 Å². The summed E-state index contributed by atoms with van der Waals surface area (Å²) in [6, 6.07) is 11.5. The van der Waals surface area contributed by atoms with Crippen LogP contribution in [0.2, 0.25) is 5.15 Å². The van der Waals surface area contributed by atoms with E-state index in [1.807, 2.05) is 58.0 Å². The van der Waals surface area contributed by atoms with Gasteiger partial charge in [-0.25, -0.2) is 4.68 Å². The summed E-state index contributed by atoms with van der Waals surface area (Å²) in [5.74, 6) is 0. The monoisotopic (exact) mass is 304 g/mol. The lowest BCUT2D eigenvalue weighted by Gasteiger charge is -2.32. The molecule has 0 saturated carbocycles. The van der Waals surface area contributed by atoms with Crippen molar-refractivity contribution in [3.63, 3.8) is 0 Å². The van der Waals surface area contributed by atoms with E-state index < -0.39 is 7.12 Å². The fraction of sp³-hybridized carbons (Fsp3) is 0.400. The van der Waals surface area contributed by atoms with Crippen LogP contribution in [0.3, 0.4) is 0 Å². The van der Waals surface area contributed by atoms with Crippen molar-refractivity contribution in [3.8, 4) is 5.69 Å². The third-order valence-electron chi connectivity index (χ3n) is 4.18. The molecule has 0 N–H and O–H groups in total. The van der Waals surface area contributed by atoms with E-state index in [9.17, 15) is 0 Å². The summed E-state index contributed by atoms with van der Waals surface area (Å²) in [5.41, 5.74) is 0.814. The number of halogens is 1. The van der Waals surface area contributed by atoms with E-state index in [1.165, 1.54) is 0 Å². The molecule has 1 aromatic carbocycles. The molecule has 0 atom stereocenters. The van der Waals surface area contributed by atoms with E-state index in [-0.39, 0.29) is 11.2 Å². The second-order valence-electron chi connectivity index (χ2n) is 6.23. The second kappa shape index (κ2) is 4.87. The number of para-hydroxylation sites is 1. The van der Waals surface area contributed by atoms with Crippen LogP contribution in [0.15, 0.2) is 36.4 Å². The summed E-state index contributed by atoms with van der Waals surface area (Å²) in [5, 5.41) is 5.06. The zero-order chi connectivity index (χ0) is 15.3. The highest BCUT2D eigenvalue weighted by Crippen LogP contribution is 2.36. The van der Waals surface area contributed by atoms with Gasteiger partial charge >= 0.3 is 7.12 Å². The minimum Gasteiger partial charge on any atom is -0.398 e. The Morgan fingerprint density at radius 1 is 1.05 bits per heavy atom. The quantitative estimate of drug-likeness (QED) is 0.801. The lowest BCUT2D eigenvalue weighted by molar-refractivity contribution is 0.00578. The van der Waals surface area contributed by atoms with E-state index in [0.29, 0.717) is 10.7 Å². The van der Waals surface area contributed by atoms with Crippen LogP contribution in [0, 0.1) is 0 Å². The third-order valence-corrected chi connectivity index (χ3v) is 4.45. The molecule has 0 unspecified atom stereocenters. The van der Waals surface area contributed by atoms with Gasteiger partial charge in [0.2, 0.25) is 0 Å². The third kappa shape index (κ3) is 2.50. The number of hydrogen-bond acceptors (Lipinski definition) is 3. The minimum atomic E-state index is -0.502. The van der Waals surface area contributed by atoms with Crippen molar-refractivity contribution in [2.24, 2.45) is 0 Å². The molecule has 1 fully saturated rings. The predicted octanol–water partition coefficient (Wildman–Crippen LogP) is 2.82. The Labute approximate surface area is 130 Å². The van der Waals surface area contributed by atoms with Gasteiger partial charge in [-0.05, 0) is 45.9 Å². The van der Waals surface area contributed by atoms with Gasteiger partial charge in [0.15, 0.2) is 0 Å². The van der Waals surface area contributed by atoms with Crippen molar-refractivity contribution in [2.45, 2.75) is 38.9 Å². The highest BCUT2D eigenvalue weighted by Gasteiger charge is 2.52. The molecule has 2 aromatic rings. The second-order valence-corrected chi connectivity index (χ2v) is 6.61. The number of benzene rings is 1. The van der Waals surface area contributed by atoms with Crippen LogP contribution in [0.25, 0.3) is 5.69 Å². The first-order valence-corrected chi connectivity index (χ1v) is 7.34. The molecule has 1 aliphatic heterocycles. The highest BCUT2D eigenvalue weighted by molar-refractivity contribution is 6.61. The van der Waals surface area contributed by atoms with Crippen LogP contribution in [-0.4, -0.2) is 28.1 Å². The molecule has 0 spiro atoms. The smallest absolute Gasteiger partial charge is 0.398 e. The summed E-state index contributed by atoms with van der Waals surface area (Å²) in [6.45, 7) is 8.07. The molecule has 6 heteroatoms. The number of hydrogen-bond donors (Lipinski definition) is 0. The van der Waals surface area contributed by atoms with Gasteiger partial charge in [-0.1, -0.05) is 29.8 Å². The Morgan fingerprint density at radius 2 is 1.62 bits per heavy atom. The van der Waals surface area contributed by atoms with E-state index in [0.717, 1.165) is 5.69 Å². The van der Waals surface area contributed by atoms with E-state index in [4.69, 9.17) is 20.9 Å². The summed E-state index contributed by atoms with van der Waals surface area (Å²) >= 11 is 6.29. The summed E-state index contributed by atoms with van der Waals surface area (Å²) in [4.78, 5) is 0. The van der Waals surface area contributed by atoms with Crippen molar-refractivity contribution < 1.29 is 9.31 Å². The van der Waals surface area contributed by atoms with Gasteiger partial charge in [0, 0.05) is 0 Å². The number of rotatable bonds is 2. The van der Waals surface area contributed by atoms with Crippen molar-refractivity contribution in [1.29, 1.82) is 0 Å². The Morgan fingerprint density at radius 3 is 2.19 bits per heavy atom. The van der Waals surface area contributed by atoms with Crippen LogP contribution in [0.1, 0.15) is 27.7 Å². The number of aromatic nitrogens is 2. The first-order valence-electron chi connectivity index (χ1n) is 6.97. The average molecular weight is 305 g/mol. The molecular weight excluding hydrogens is 286 g/mol. The lowest BCUT2D eigenvalue weighted by atomic mass is 9.85. The van der Waals surface area contributed by atoms with Gasteiger partial charge in [-0.3, -0.25) is 0 Å². The zero-order valence-corrected chi connectivity index (χ0v) is 13.4. The Bertz CT molecular complexity index is 639. The molecule has 1 aliphatic rings.